The molecule has 33 heavy (non-hydrogen) atoms. The second kappa shape index (κ2) is 11.1. The van der Waals surface area contributed by atoms with Crippen LogP contribution in [0.4, 0.5) is 0 Å². The first-order chi connectivity index (χ1) is 15.4. The highest BCUT2D eigenvalue weighted by molar-refractivity contribution is 5.85. The van der Waals surface area contributed by atoms with Crippen LogP contribution in [0.1, 0.15) is 30.9 Å². The van der Waals surface area contributed by atoms with Crippen molar-refractivity contribution in [2.45, 2.75) is 39.7 Å². The fourth-order valence-corrected chi connectivity index (χ4v) is 4.16. The first kappa shape index (κ1) is 25.1. The fraction of sp³-hybridized carbons (Fsp3) is 0.423. The lowest BCUT2D eigenvalue weighted by molar-refractivity contribution is 0.0563. The van der Waals surface area contributed by atoms with Crippen LogP contribution in [-0.2, 0) is 0 Å². The Kier molecular flexibility index (Phi) is 8.40. The normalized spacial score (nSPS) is 15.8. The van der Waals surface area contributed by atoms with Crippen LogP contribution in [0.2, 0.25) is 0 Å². The number of likely N-dealkylation sites (tertiary alicyclic amines) is 1. The molecule has 1 aliphatic heterocycles. The Bertz CT molecular complexity index is 1120. The van der Waals surface area contributed by atoms with Crippen molar-refractivity contribution in [3.63, 3.8) is 0 Å². The molecule has 1 atom stereocenters. The van der Waals surface area contributed by atoms with Gasteiger partial charge in [-0.05, 0) is 81.1 Å². The summed E-state index contributed by atoms with van der Waals surface area (Å²) < 4.78 is 17.2. The quantitative estimate of drug-likeness (QED) is 0.515. The Labute approximate surface area is 200 Å². The van der Waals surface area contributed by atoms with Crippen LogP contribution in [0.5, 0.6) is 17.2 Å². The molecule has 7 heteroatoms. The lowest BCUT2D eigenvalue weighted by Gasteiger charge is -2.31. The minimum absolute atomic E-state index is 0. The van der Waals surface area contributed by atoms with E-state index in [0.717, 1.165) is 30.1 Å². The molecule has 6 nitrogen and oxygen atoms in total. The molecule has 2 heterocycles. The minimum atomic E-state index is -0.570. The molecule has 3 aromatic rings. The Morgan fingerprint density at radius 1 is 1.09 bits per heavy atom. The summed E-state index contributed by atoms with van der Waals surface area (Å²) in [6, 6.07) is 10.9. The zero-order valence-electron chi connectivity index (χ0n) is 19.4. The van der Waals surface area contributed by atoms with E-state index in [1.54, 1.807) is 18.2 Å². The van der Waals surface area contributed by atoms with E-state index in [-0.39, 0.29) is 30.2 Å². The predicted octanol–water partition coefficient (Wildman–Crippen LogP) is 5.10. The standard InChI is InChI=1S/C26H31NO5.ClH/c1-17-6-8-27(9-7-17)14-20(28)15-30-21-4-5-23-24(13-21)31-16-25(26(23)29)32-22-11-18(2)10-19(3)12-22;/h4-5,10-13,16-17,20,28H,6-9,14-15H2,1-3H3;1H. The molecule has 0 radical (unpaired) electrons. The number of aliphatic hydroxyl groups is 1. The SMILES string of the molecule is Cc1cc(C)cc(Oc2coc3cc(OCC(O)CN4CCC(C)CC4)ccc3c2=O)c1.Cl. The number of aliphatic hydroxyl groups excluding tert-OH is 1. The van der Waals surface area contributed by atoms with Crippen molar-refractivity contribution in [3.05, 3.63) is 64.0 Å². The van der Waals surface area contributed by atoms with Gasteiger partial charge in [0.15, 0.2) is 0 Å². The molecular weight excluding hydrogens is 442 g/mol. The number of piperidine rings is 1. The maximum absolute atomic E-state index is 12.9. The molecule has 1 aliphatic rings. The van der Waals surface area contributed by atoms with Gasteiger partial charge in [0.05, 0.1) is 5.39 Å². The Morgan fingerprint density at radius 2 is 1.79 bits per heavy atom. The van der Waals surface area contributed by atoms with E-state index in [2.05, 4.69) is 11.8 Å². The van der Waals surface area contributed by atoms with Gasteiger partial charge in [0.2, 0.25) is 11.2 Å². The number of benzene rings is 2. The first-order valence-electron chi connectivity index (χ1n) is 11.2. The van der Waals surface area contributed by atoms with Crippen LogP contribution in [0.15, 0.2) is 51.9 Å². The number of hydrogen-bond acceptors (Lipinski definition) is 6. The fourth-order valence-electron chi connectivity index (χ4n) is 4.16. The molecule has 2 aromatic carbocycles. The summed E-state index contributed by atoms with van der Waals surface area (Å²) >= 11 is 0. The van der Waals surface area contributed by atoms with Crippen molar-refractivity contribution < 1.29 is 19.0 Å². The van der Waals surface area contributed by atoms with Crippen LogP contribution in [0.3, 0.4) is 0 Å². The Morgan fingerprint density at radius 3 is 2.48 bits per heavy atom. The maximum Gasteiger partial charge on any atom is 0.235 e. The van der Waals surface area contributed by atoms with Crippen LogP contribution in [0.25, 0.3) is 11.0 Å². The first-order valence-corrected chi connectivity index (χ1v) is 11.2. The smallest absolute Gasteiger partial charge is 0.235 e. The summed E-state index contributed by atoms with van der Waals surface area (Å²) in [5.41, 5.74) is 2.30. The summed E-state index contributed by atoms with van der Waals surface area (Å²) in [5, 5.41) is 10.8. The number of ether oxygens (including phenoxy) is 2. The molecule has 0 spiro atoms. The van der Waals surface area contributed by atoms with Crippen molar-refractivity contribution in [2.75, 3.05) is 26.2 Å². The zero-order valence-corrected chi connectivity index (χ0v) is 20.2. The molecule has 1 N–H and O–H groups in total. The van der Waals surface area contributed by atoms with Gasteiger partial charge in [0, 0.05) is 12.6 Å². The molecule has 0 aliphatic carbocycles. The highest BCUT2D eigenvalue weighted by Crippen LogP contribution is 2.25. The van der Waals surface area contributed by atoms with E-state index in [9.17, 15) is 9.90 Å². The van der Waals surface area contributed by atoms with Crippen molar-refractivity contribution in [2.24, 2.45) is 5.92 Å². The predicted molar refractivity (Wildman–Crippen MR) is 132 cm³/mol. The van der Waals surface area contributed by atoms with Gasteiger partial charge in [0.1, 0.15) is 36.1 Å². The summed E-state index contributed by atoms with van der Waals surface area (Å²) in [6.07, 6.45) is 3.11. The van der Waals surface area contributed by atoms with Crippen LogP contribution >= 0.6 is 12.4 Å². The van der Waals surface area contributed by atoms with E-state index in [0.29, 0.717) is 29.0 Å². The molecule has 0 amide bonds. The maximum atomic E-state index is 12.9. The largest absolute Gasteiger partial charge is 0.491 e. The topological polar surface area (TPSA) is 72.1 Å². The number of aryl methyl sites for hydroxylation is 2. The number of rotatable bonds is 7. The monoisotopic (exact) mass is 473 g/mol. The molecule has 0 bridgehead atoms. The third kappa shape index (κ3) is 6.50. The highest BCUT2D eigenvalue weighted by atomic mass is 35.5. The van der Waals surface area contributed by atoms with Crippen molar-refractivity contribution in [1.82, 2.24) is 4.90 Å². The van der Waals surface area contributed by atoms with Gasteiger partial charge in [-0.1, -0.05) is 13.0 Å². The van der Waals surface area contributed by atoms with Gasteiger partial charge in [-0.3, -0.25) is 4.79 Å². The molecule has 0 saturated carbocycles. The molecule has 178 valence electrons. The minimum Gasteiger partial charge on any atom is -0.491 e. The number of nitrogens with zero attached hydrogens (tertiary/aromatic N) is 1. The zero-order chi connectivity index (χ0) is 22.7. The Hall–Kier alpha value is -2.54. The van der Waals surface area contributed by atoms with Gasteiger partial charge >= 0.3 is 0 Å². The molecule has 1 aromatic heterocycles. The molecular formula is C26H32ClNO5. The van der Waals surface area contributed by atoms with Gasteiger partial charge in [-0.2, -0.15) is 0 Å². The van der Waals surface area contributed by atoms with Crippen molar-refractivity contribution in [3.8, 4) is 17.2 Å². The average Bonchev–Trinajstić information content (AvgIpc) is 2.75. The highest BCUT2D eigenvalue weighted by Gasteiger charge is 2.19. The van der Waals surface area contributed by atoms with Gasteiger partial charge in [0.25, 0.3) is 0 Å². The van der Waals surface area contributed by atoms with Gasteiger partial charge in [-0.15, -0.1) is 12.4 Å². The molecule has 4 rings (SSSR count). The number of β-amino-alcohol motifs (C(OH)–C–C–N with tert-alkyl or cyclic N) is 1. The van der Waals surface area contributed by atoms with Crippen LogP contribution in [-0.4, -0.2) is 42.4 Å². The van der Waals surface area contributed by atoms with Crippen molar-refractivity contribution >= 4 is 23.4 Å². The van der Waals surface area contributed by atoms with Crippen molar-refractivity contribution in [1.29, 1.82) is 0 Å². The second-order valence-corrected chi connectivity index (χ2v) is 8.96. The third-order valence-electron chi connectivity index (χ3n) is 5.93. The summed E-state index contributed by atoms with van der Waals surface area (Å²) in [5.74, 6) is 2.06. The van der Waals surface area contributed by atoms with Gasteiger partial charge < -0.3 is 23.9 Å². The second-order valence-electron chi connectivity index (χ2n) is 8.96. The van der Waals surface area contributed by atoms with E-state index >= 15 is 0 Å². The number of fused-ring (bicyclic) bond motifs is 1. The van der Waals surface area contributed by atoms with E-state index in [4.69, 9.17) is 13.9 Å². The van der Waals surface area contributed by atoms with Crippen LogP contribution in [0, 0.1) is 19.8 Å². The number of hydrogen-bond donors (Lipinski definition) is 1. The summed E-state index contributed by atoms with van der Waals surface area (Å²) in [4.78, 5) is 15.1. The van der Waals surface area contributed by atoms with Crippen LogP contribution < -0.4 is 14.9 Å². The van der Waals surface area contributed by atoms with E-state index in [1.807, 2.05) is 32.0 Å². The average molecular weight is 474 g/mol. The number of halogens is 1. The summed E-state index contributed by atoms with van der Waals surface area (Å²) in [7, 11) is 0. The Balaban J connectivity index is 0.00000306. The van der Waals surface area contributed by atoms with E-state index < -0.39 is 6.10 Å². The van der Waals surface area contributed by atoms with E-state index in [1.165, 1.54) is 19.1 Å². The molecule has 1 unspecified atom stereocenters. The van der Waals surface area contributed by atoms with Gasteiger partial charge in [-0.25, -0.2) is 0 Å². The lowest BCUT2D eigenvalue weighted by Crippen LogP contribution is -2.40. The molecule has 1 fully saturated rings. The molecule has 1 saturated heterocycles. The lowest BCUT2D eigenvalue weighted by atomic mass is 9.99. The summed E-state index contributed by atoms with van der Waals surface area (Å²) in [6.45, 7) is 9.07. The third-order valence-corrected chi connectivity index (χ3v) is 5.93.